The fourth-order valence-corrected chi connectivity index (χ4v) is 2.38. The van der Waals surface area contributed by atoms with Gasteiger partial charge in [-0.05, 0) is 18.6 Å². The Bertz CT molecular complexity index is 630. The summed E-state index contributed by atoms with van der Waals surface area (Å²) in [5.74, 6) is 0.0614. The molecule has 0 aliphatic carbocycles. The minimum atomic E-state index is 0.0614. The van der Waals surface area contributed by atoms with Crippen LogP contribution in [0.4, 0.5) is 0 Å². The van der Waals surface area contributed by atoms with Crippen LogP contribution in [0.2, 0.25) is 0 Å². The van der Waals surface area contributed by atoms with Crippen LogP contribution in [-0.2, 0) is 7.05 Å². The molecule has 1 amide bonds. The van der Waals surface area contributed by atoms with Crippen molar-refractivity contribution in [1.29, 1.82) is 0 Å². The molecular formula is C15H19N2O+. The summed E-state index contributed by atoms with van der Waals surface area (Å²) in [6.45, 7) is 4.02. The van der Waals surface area contributed by atoms with Gasteiger partial charge < -0.3 is 4.90 Å². The van der Waals surface area contributed by atoms with Crippen LogP contribution in [0.1, 0.15) is 21.6 Å². The van der Waals surface area contributed by atoms with E-state index in [1.165, 1.54) is 0 Å². The Morgan fingerprint density at radius 2 is 1.78 bits per heavy atom. The molecule has 18 heavy (non-hydrogen) atoms. The predicted molar refractivity (Wildman–Crippen MR) is 72.6 cm³/mol. The lowest BCUT2D eigenvalue weighted by atomic mass is 10.0. The molecule has 0 aliphatic heterocycles. The Balaban J connectivity index is 2.87. The van der Waals surface area contributed by atoms with E-state index in [-0.39, 0.29) is 5.91 Å². The molecule has 0 radical (unpaired) electrons. The molecule has 1 aromatic heterocycles. The second kappa shape index (κ2) is 4.41. The van der Waals surface area contributed by atoms with Gasteiger partial charge in [0.05, 0.1) is 5.39 Å². The van der Waals surface area contributed by atoms with E-state index in [2.05, 4.69) is 16.7 Å². The van der Waals surface area contributed by atoms with E-state index in [1.54, 1.807) is 19.0 Å². The maximum Gasteiger partial charge on any atom is 0.259 e. The zero-order valence-electron chi connectivity index (χ0n) is 11.6. The van der Waals surface area contributed by atoms with Crippen molar-refractivity contribution in [1.82, 2.24) is 4.90 Å². The van der Waals surface area contributed by atoms with E-state index in [0.717, 1.165) is 27.7 Å². The molecule has 94 valence electrons. The summed E-state index contributed by atoms with van der Waals surface area (Å²) in [6, 6.07) is 8.18. The molecule has 0 bridgehead atoms. The van der Waals surface area contributed by atoms with Crippen molar-refractivity contribution >= 4 is 16.8 Å². The molecule has 3 nitrogen and oxygen atoms in total. The van der Waals surface area contributed by atoms with E-state index in [9.17, 15) is 4.79 Å². The first-order valence-corrected chi connectivity index (χ1v) is 6.04. The van der Waals surface area contributed by atoms with Gasteiger partial charge >= 0.3 is 0 Å². The summed E-state index contributed by atoms with van der Waals surface area (Å²) in [6.07, 6.45) is 0. The van der Waals surface area contributed by atoms with Gasteiger partial charge in [-0.2, -0.15) is 4.57 Å². The molecule has 0 saturated carbocycles. The molecule has 2 rings (SSSR count). The van der Waals surface area contributed by atoms with Crippen LogP contribution in [0, 0.1) is 13.8 Å². The molecule has 0 fully saturated rings. The SMILES string of the molecule is Cc1c(C(=O)N(C)C)c(C)[n+](C)c2ccccc12. The minimum absolute atomic E-state index is 0.0614. The molecule has 0 spiro atoms. The number of hydrogen-bond donors (Lipinski definition) is 0. The number of pyridine rings is 1. The number of fused-ring (bicyclic) bond motifs is 1. The molecule has 1 aromatic carbocycles. The molecule has 1 heterocycles. The zero-order valence-corrected chi connectivity index (χ0v) is 11.6. The van der Waals surface area contributed by atoms with Gasteiger partial charge in [-0.25, -0.2) is 0 Å². The summed E-state index contributed by atoms with van der Waals surface area (Å²) >= 11 is 0. The maximum absolute atomic E-state index is 12.3. The largest absolute Gasteiger partial charge is 0.345 e. The maximum atomic E-state index is 12.3. The Hall–Kier alpha value is -1.90. The van der Waals surface area contributed by atoms with Crippen molar-refractivity contribution in [3.8, 4) is 0 Å². The standard InChI is InChI=1S/C15H19N2O/c1-10-12-8-6-7-9-13(12)17(5)11(2)14(10)15(18)16(3)4/h6-9H,1-5H3/q+1. The first-order valence-electron chi connectivity index (χ1n) is 6.04. The highest BCUT2D eigenvalue weighted by molar-refractivity contribution is 6.00. The smallest absolute Gasteiger partial charge is 0.259 e. The molecule has 2 aromatic rings. The number of rotatable bonds is 1. The summed E-state index contributed by atoms with van der Waals surface area (Å²) in [4.78, 5) is 13.9. The van der Waals surface area contributed by atoms with Crippen molar-refractivity contribution < 1.29 is 9.36 Å². The molecule has 0 aliphatic rings. The van der Waals surface area contributed by atoms with E-state index in [4.69, 9.17) is 0 Å². The first kappa shape index (κ1) is 12.6. The van der Waals surface area contributed by atoms with Gasteiger partial charge in [-0.3, -0.25) is 4.79 Å². The number of aromatic nitrogens is 1. The third kappa shape index (κ3) is 1.76. The number of carbonyl (C=O) groups is 1. The highest BCUT2D eigenvalue weighted by Gasteiger charge is 2.24. The zero-order chi connectivity index (χ0) is 13.4. The number of carbonyl (C=O) groups excluding carboxylic acids is 1. The predicted octanol–water partition coefficient (Wildman–Crippen LogP) is 1.98. The summed E-state index contributed by atoms with van der Waals surface area (Å²) < 4.78 is 2.08. The second-order valence-corrected chi connectivity index (χ2v) is 4.86. The van der Waals surface area contributed by atoms with Crippen LogP contribution in [0.15, 0.2) is 24.3 Å². The fourth-order valence-electron chi connectivity index (χ4n) is 2.38. The lowest BCUT2D eigenvalue weighted by Crippen LogP contribution is -2.37. The van der Waals surface area contributed by atoms with Gasteiger partial charge in [-0.15, -0.1) is 0 Å². The number of para-hydroxylation sites is 1. The number of aryl methyl sites for hydroxylation is 2. The molecule has 3 heteroatoms. The minimum Gasteiger partial charge on any atom is -0.345 e. The van der Waals surface area contributed by atoms with Crippen molar-refractivity contribution in [3.05, 3.63) is 41.1 Å². The Morgan fingerprint density at radius 1 is 1.17 bits per heavy atom. The van der Waals surface area contributed by atoms with Crippen LogP contribution in [0.3, 0.4) is 0 Å². The second-order valence-electron chi connectivity index (χ2n) is 4.86. The highest BCUT2D eigenvalue weighted by Crippen LogP contribution is 2.21. The Morgan fingerprint density at radius 3 is 2.39 bits per heavy atom. The van der Waals surface area contributed by atoms with E-state index < -0.39 is 0 Å². The summed E-state index contributed by atoms with van der Waals surface area (Å²) in [5, 5.41) is 1.14. The van der Waals surface area contributed by atoms with E-state index in [1.807, 2.05) is 33.0 Å². The third-order valence-corrected chi connectivity index (χ3v) is 3.53. The van der Waals surface area contributed by atoms with Gasteiger partial charge in [0.1, 0.15) is 12.6 Å². The fraction of sp³-hybridized carbons (Fsp3) is 0.333. The lowest BCUT2D eigenvalue weighted by molar-refractivity contribution is -0.651. The van der Waals surface area contributed by atoms with Gasteiger partial charge in [0.25, 0.3) is 5.91 Å². The Kier molecular flexibility index (Phi) is 3.07. The van der Waals surface area contributed by atoms with Gasteiger partial charge in [0, 0.05) is 27.1 Å². The van der Waals surface area contributed by atoms with Crippen LogP contribution in [-0.4, -0.2) is 24.9 Å². The van der Waals surface area contributed by atoms with Gasteiger partial charge in [0.15, 0.2) is 5.69 Å². The van der Waals surface area contributed by atoms with Crippen LogP contribution < -0.4 is 4.57 Å². The summed E-state index contributed by atoms with van der Waals surface area (Å²) in [5.41, 5.74) is 4.02. The summed E-state index contributed by atoms with van der Waals surface area (Å²) in [7, 11) is 5.58. The van der Waals surface area contributed by atoms with Crippen LogP contribution >= 0.6 is 0 Å². The third-order valence-electron chi connectivity index (χ3n) is 3.53. The van der Waals surface area contributed by atoms with E-state index >= 15 is 0 Å². The number of nitrogens with zero attached hydrogens (tertiary/aromatic N) is 2. The molecule has 0 N–H and O–H groups in total. The van der Waals surface area contributed by atoms with Crippen molar-refractivity contribution in [3.63, 3.8) is 0 Å². The topological polar surface area (TPSA) is 24.2 Å². The van der Waals surface area contributed by atoms with Crippen LogP contribution in [0.25, 0.3) is 10.9 Å². The lowest BCUT2D eigenvalue weighted by Gasteiger charge is -2.15. The normalized spacial score (nSPS) is 10.7. The monoisotopic (exact) mass is 243 g/mol. The first-order chi connectivity index (χ1) is 8.45. The number of amides is 1. The average Bonchev–Trinajstić information content (AvgIpc) is 2.36. The van der Waals surface area contributed by atoms with Crippen molar-refractivity contribution in [2.75, 3.05) is 14.1 Å². The average molecular weight is 243 g/mol. The molecule has 0 saturated heterocycles. The molecule has 0 atom stereocenters. The quantitative estimate of drug-likeness (QED) is 0.703. The van der Waals surface area contributed by atoms with Gasteiger partial charge in [-0.1, -0.05) is 12.1 Å². The van der Waals surface area contributed by atoms with Crippen molar-refractivity contribution in [2.24, 2.45) is 7.05 Å². The number of benzene rings is 1. The molecule has 0 unspecified atom stereocenters. The van der Waals surface area contributed by atoms with Crippen LogP contribution in [0.5, 0.6) is 0 Å². The van der Waals surface area contributed by atoms with Gasteiger partial charge in [0.2, 0.25) is 5.52 Å². The van der Waals surface area contributed by atoms with Crippen molar-refractivity contribution in [2.45, 2.75) is 13.8 Å². The highest BCUT2D eigenvalue weighted by atomic mass is 16.2. The number of hydrogen-bond acceptors (Lipinski definition) is 1. The Labute approximate surface area is 108 Å². The van der Waals surface area contributed by atoms with E-state index in [0.29, 0.717) is 0 Å². The molecular weight excluding hydrogens is 224 g/mol.